The summed E-state index contributed by atoms with van der Waals surface area (Å²) in [6.07, 6.45) is 1.18. The molecule has 0 aliphatic heterocycles. The summed E-state index contributed by atoms with van der Waals surface area (Å²) in [5.74, 6) is -2.33. The maximum absolute atomic E-state index is 14.2. The number of aryl methyl sites for hydroxylation is 1. The molecule has 1 atom stereocenters. The Labute approximate surface area is 223 Å². The number of thiophene rings is 1. The monoisotopic (exact) mass is 586 g/mol. The quantitative estimate of drug-likeness (QED) is 0.147. The first-order valence-electron chi connectivity index (χ1n) is 11.4. The molecule has 1 aromatic heterocycles. The van der Waals surface area contributed by atoms with E-state index in [0.29, 0.717) is 66.3 Å². The summed E-state index contributed by atoms with van der Waals surface area (Å²) in [6, 6.07) is 7.70. The van der Waals surface area contributed by atoms with Gasteiger partial charge in [-0.05, 0) is 62.2 Å². The van der Waals surface area contributed by atoms with Crippen LogP contribution in [0.15, 0.2) is 34.5 Å². The summed E-state index contributed by atoms with van der Waals surface area (Å²) in [6.45, 7) is 3.02. The standard InChI is InChI=1S/C23H28FN4O7PS2/c1-14-17-11-19(34-8-2-6-25)20(35-9-3-7-26)12-21(17)37-23(14)38(32,33)28-22(36(29,30)31)15-4-5-16(13-27)18(24)10-15/h4-5,10-12,22,28H,2-3,6-9,25-26H2,1H3,(H2,29,30,31). The van der Waals surface area contributed by atoms with Crippen molar-refractivity contribution in [2.24, 2.45) is 11.5 Å². The zero-order chi connectivity index (χ0) is 28.1. The Hall–Kier alpha value is -2.60. The van der Waals surface area contributed by atoms with Crippen LogP contribution in [0.2, 0.25) is 0 Å². The third-order valence-electron chi connectivity index (χ3n) is 5.45. The third-order valence-corrected chi connectivity index (χ3v) is 10.0. The summed E-state index contributed by atoms with van der Waals surface area (Å²) >= 11 is 0.877. The minimum atomic E-state index is -5.15. The van der Waals surface area contributed by atoms with Crippen molar-refractivity contribution in [1.82, 2.24) is 4.72 Å². The lowest BCUT2D eigenvalue weighted by molar-refractivity contribution is 0.266. The van der Waals surface area contributed by atoms with E-state index >= 15 is 0 Å². The van der Waals surface area contributed by atoms with Crippen molar-refractivity contribution >= 4 is 39.0 Å². The van der Waals surface area contributed by atoms with Gasteiger partial charge in [0.1, 0.15) is 21.9 Å². The van der Waals surface area contributed by atoms with Gasteiger partial charge >= 0.3 is 7.60 Å². The van der Waals surface area contributed by atoms with E-state index in [9.17, 15) is 27.2 Å². The van der Waals surface area contributed by atoms with Crippen LogP contribution in [0.1, 0.15) is 35.3 Å². The largest absolute Gasteiger partial charge is 0.490 e. The minimum Gasteiger partial charge on any atom is -0.490 e. The number of ether oxygens (including phenoxy) is 2. The van der Waals surface area contributed by atoms with Gasteiger partial charge in [0.25, 0.3) is 10.0 Å². The number of hydrogen-bond donors (Lipinski definition) is 5. The van der Waals surface area contributed by atoms with Gasteiger partial charge in [-0.1, -0.05) is 6.07 Å². The van der Waals surface area contributed by atoms with Gasteiger partial charge in [0.05, 0.1) is 18.8 Å². The van der Waals surface area contributed by atoms with E-state index in [2.05, 4.69) is 0 Å². The van der Waals surface area contributed by atoms with Gasteiger partial charge in [0.15, 0.2) is 11.5 Å². The van der Waals surface area contributed by atoms with E-state index < -0.39 is 29.2 Å². The maximum Gasteiger partial charge on any atom is 0.347 e. The van der Waals surface area contributed by atoms with Crippen LogP contribution in [0.4, 0.5) is 4.39 Å². The zero-order valence-electron chi connectivity index (χ0n) is 20.4. The van der Waals surface area contributed by atoms with Gasteiger partial charge in [-0.2, -0.15) is 9.98 Å². The van der Waals surface area contributed by atoms with Crippen LogP contribution < -0.4 is 25.7 Å². The highest BCUT2D eigenvalue weighted by atomic mass is 32.2. The fraction of sp³-hybridized carbons (Fsp3) is 0.348. The molecule has 38 heavy (non-hydrogen) atoms. The molecule has 0 fully saturated rings. The number of rotatable bonds is 13. The number of nitrogens with one attached hydrogen (secondary N) is 1. The van der Waals surface area contributed by atoms with Gasteiger partial charge in [0.2, 0.25) is 0 Å². The van der Waals surface area contributed by atoms with Crippen LogP contribution in [0.5, 0.6) is 11.5 Å². The second-order valence-electron chi connectivity index (χ2n) is 8.26. The Morgan fingerprint density at radius 3 is 2.26 bits per heavy atom. The molecule has 0 aliphatic carbocycles. The lowest BCUT2D eigenvalue weighted by Crippen LogP contribution is -2.28. The Morgan fingerprint density at radius 2 is 1.74 bits per heavy atom. The normalized spacial score (nSPS) is 12.9. The average molecular weight is 587 g/mol. The molecule has 2 aromatic carbocycles. The second kappa shape index (κ2) is 12.5. The molecule has 0 radical (unpaired) electrons. The predicted molar refractivity (Wildman–Crippen MR) is 141 cm³/mol. The smallest absolute Gasteiger partial charge is 0.347 e. The molecule has 206 valence electrons. The van der Waals surface area contributed by atoms with Crippen LogP contribution >= 0.6 is 18.9 Å². The number of halogens is 1. The molecule has 0 saturated carbocycles. The molecule has 1 heterocycles. The molecule has 0 spiro atoms. The fourth-order valence-electron chi connectivity index (χ4n) is 3.54. The van der Waals surface area contributed by atoms with E-state index in [-0.39, 0.29) is 15.3 Å². The second-order valence-corrected chi connectivity index (χ2v) is 12.9. The van der Waals surface area contributed by atoms with Crippen LogP contribution in [-0.4, -0.2) is 44.5 Å². The summed E-state index contributed by atoms with van der Waals surface area (Å²) in [7, 11) is -9.66. The molecule has 11 nitrogen and oxygen atoms in total. The topological polar surface area (TPSA) is 198 Å². The lowest BCUT2D eigenvalue weighted by Gasteiger charge is -2.20. The van der Waals surface area contributed by atoms with E-state index in [1.807, 2.05) is 4.72 Å². The Bertz CT molecular complexity index is 1500. The Morgan fingerprint density at radius 1 is 1.13 bits per heavy atom. The first kappa shape index (κ1) is 29.9. The zero-order valence-corrected chi connectivity index (χ0v) is 22.9. The van der Waals surface area contributed by atoms with Gasteiger partial charge in [0, 0.05) is 16.2 Å². The average Bonchev–Trinajstić information content (AvgIpc) is 3.18. The van der Waals surface area contributed by atoms with Gasteiger partial charge in [-0.3, -0.25) is 4.57 Å². The predicted octanol–water partition coefficient (Wildman–Crippen LogP) is 2.83. The number of nitrogens with two attached hydrogens (primary N) is 2. The van der Waals surface area contributed by atoms with E-state index in [0.717, 1.165) is 29.5 Å². The highest BCUT2D eigenvalue weighted by Crippen LogP contribution is 2.51. The van der Waals surface area contributed by atoms with Crippen molar-refractivity contribution in [3.63, 3.8) is 0 Å². The number of sulfonamides is 1. The maximum atomic E-state index is 14.2. The molecule has 0 amide bonds. The molecule has 0 bridgehead atoms. The number of fused-ring (bicyclic) bond motifs is 1. The first-order chi connectivity index (χ1) is 17.9. The number of hydrogen-bond acceptors (Lipinski definition) is 9. The molecule has 0 aliphatic rings. The fourth-order valence-corrected chi connectivity index (χ4v) is 7.91. The summed E-state index contributed by atoms with van der Waals surface area (Å²) in [5, 5.41) is 9.46. The van der Waals surface area contributed by atoms with E-state index in [4.69, 9.17) is 26.2 Å². The van der Waals surface area contributed by atoms with E-state index in [1.165, 1.54) is 0 Å². The lowest BCUT2D eigenvalue weighted by atomic mass is 10.1. The molecule has 15 heteroatoms. The van der Waals surface area contributed by atoms with Gasteiger partial charge < -0.3 is 30.7 Å². The van der Waals surface area contributed by atoms with Gasteiger partial charge in [-0.15, -0.1) is 11.3 Å². The first-order valence-corrected chi connectivity index (χ1v) is 15.4. The van der Waals surface area contributed by atoms with Crippen molar-refractivity contribution in [3.05, 3.63) is 52.8 Å². The molecular weight excluding hydrogens is 558 g/mol. The Balaban J connectivity index is 2.04. The summed E-state index contributed by atoms with van der Waals surface area (Å²) in [5.41, 5.74) is 10.7. The van der Waals surface area contributed by atoms with Crippen LogP contribution in [-0.2, 0) is 14.6 Å². The number of benzene rings is 2. The Kier molecular flexibility index (Phi) is 9.85. The highest BCUT2D eigenvalue weighted by molar-refractivity contribution is 7.92. The van der Waals surface area contributed by atoms with Crippen molar-refractivity contribution in [2.75, 3.05) is 26.3 Å². The molecular formula is C23H28FN4O7PS2. The SMILES string of the molecule is Cc1c(S(=O)(=O)NC(c2ccc(C#N)c(F)c2)P(=O)(O)O)sc2cc(OCCCN)c(OCCCN)cc12. The number of nitrogens with zero attached hydrogens (tertiary/aromatic N) is 1. The van der Waals surface area contributed by atoms with Crippen molar-refractivity contribution in [3.8, 4) is 17.6 Å². The van der Waals surface area contributed by atoms with Crippen molar-refractivity contribution < 1.29 is 36.6 Å². The highest BCUT2D eigenvalue weighted by Gasteiger charge is 2.36. The van der Waals surface area contributed by atoms with Gasteiger partial charge in [-0.25, -0.2) is 12.8 Å². The third kappa shape index (κ3) is 6.88. The van der Waals surface area contributed by atoms with Crippen LogP contribution in [0.25, 0.3) is 10.1 Å². The summed E-state index contributed by atoms with van der Waals surface area (Å²) < 4.78 is 67.1. The van der Waals surface area contributed by atoms with Crippen LogP contribution in [0.3, 0.4) is 0 Å². The van der Waals surface area contributed by atoms with Crippen molar-refractivity contribution in [2.45, 2.75) is 29.8 Å². The molecule has 0 saturated heterocycles. The van der Waals surface area contributed by atoms with Crippen LogP contribution in [0, 0.1) is 24.1 Å². The molecule has 3 aromatic rings. The van der Waals surface area contributed by atoms with E-state index in [1.54, 1.807) is 25.1 Å². The molecule has 1 unspecified atom stereocenters. The summed E-state index contributed by atoms with van der Waals surface area (Å²) in [4.78, 5) is 19.8. The minimum absolute atomic E-state index is 0.188. The molecule has 3 rings (SSSR count). The molecule has 7 N–H and O–H groups in total. The number of nitriles is 1. The van der Waals surface area contributed by atoms with Crippen molar-refractivity contribution in [1.29, 1.82) is 5.26 Å².